The van der Waals surface area contributed by atoms with Crippen molar-refractivity contribution >= 4 is 39.4 Å². The molecule has 0 unspecified atom stereocenters. The molecule has 0 saturated heterocycles. The third-order valence-corrected chi connectivity index (χ3v) is 8.86. The van der Waals surface area contributed by atoms with Gasteiger partial charge in [-0.1, -0.05) is 67.8 Å². The van der Waals surface area contributed by atoms with E-state index in [1.165, 1.54) is 52.6 Å². The smallest absolute Gasteiger partial charge is 0.254 e. The molecule has 6 rings (SSSR count). The summed E-state index contributed by atoms with van der Waals surface area (Å²) in [4.78, 5) is 19.9. The van der Waals surface area contributed by atoms with Crippen LogP contribution in [0, 0.1) is 0 Å². The van der Waals surface area contributed by atoms with Gasteiger partial charge in [0.1, 0.15) is 5.00 Å². The molecule has 0 bridgehead atoms. The minimum atomic E-state index is 0.0833. The SMILES string of the molecule is O=C(NC1CCCCC1)c1c(N=Cc2cn(Cc3ccccc3)c3ccccc23)sc2c1CCCC2. The molecule has 2 aliphatic rings. The summed E-state index contributed by atoms with van der Waals surface area (Å²) in [6.07, 6.45) is 14.5. The summed E-state index contributed by atoms with van der Waals surface area (Å²) >= 11 is 1.72. The minimum absolute atomic E-state index is 0.0833. The molecule has 4 nitrogen and oxygen atoms in total. The predicted octanol–water partition coefficient (Wildman–Crippen LogP) is 7.44. The normalized spacial score (nSPS) is 16.4. The fourth-order valence-electron chi connectivity index (χ4n) is 5.80. The summed E-state index contributed by atoms with van der Waals surface area (Å²) in [5.74, 6) is 0.0833. The Labute approximate surface area is 217 Å². The number of fused-ring (bicyclic) bond motifs is 2. The Morgan fingerprint density at radius 2 is 1.75 bits per heavy atom. The van der Waals surface area contributed by atoms with E-state index in [1.54, 1.807) is 11.3 Å². The van der Waals surface area contributed by atoms with E-state index in [9.17, 15) is 4.79 Å². The molecule has 0 spiro atoms. The van der Waals surface area contributed by atoms with Gasteiger partial charge in [0.05, 0.1) is 5.56 Å². The minimum Gasteiger partial charge on any atom is -0.349 e. The maximum absolute atomic E-state index is 13.5. The second-order valence-electron chi connectivity index (χ2n) is 10.2. The fourth-order valence-corrected chi connectivity index (χ4v) is 7.03. The summed E-state index contributed by atoms with van der Waals surface area (Å²) in [7, 11) is 0. The zero-order chi connectivity index (χ0) is 24.3. The predicted molar refractivity (Wildman–Crippen MR) is 150 cm³/mol. The standard InChI is InChI=1S/C31H33N3OS/c35-30(33-24-13-5-2-6-14-24)29-26-16-8-10-18-28(26)36-31(29)32-19-23-21-34(20-22-11-3-1-4-12-22)27-17-9-7-15-25(23)27/h1,3-4,7,9,11-12,15,17,19,21,24H,2,5-6,8,10,13-14,16,18,20H2,(H,33,35). The van der Waals surface area contributed by atoms with Crippen molar-refractivity contribution in [2.24, 2.45) is 4.99 Å². The number of rotatable bonds is 6. The number of nitrogens with one attached hydrogen (secondary N) is 1. The molecule has 2 aromatic carbocycles. The Hall–Kier alpha value is -3.18. The second-order valence-corrected chi connectivity index (χ2v) is 11.3. The lowest BCUT2D eigenvalue weighted by Crippen LogP contribution is -2.36. The van der Waals surface area contributed by atoms with Gasteiger partial charge in [0.15, 0.2) is 0 Å². The first-order valence-corrected chi connectivity index (χ1v) is 14.2. The van der Waals surface area contributed by atoms with Crippen molar-refractivity contribution < 1.29 is 4.79 Å². The monoisotopic (exact) mass is 495 g/mol. The van der Waals surface area contributed by atoms with Crippen LogP contribution in [0.3, 0.4) is 0 Å². The molecule has 1 fully saturated rings. The lowest BCUT2D eigenvalue weighted by molar-refractivity contribution is 0.0927. The number of carbonyl (C=O) groups is 1. The molecule has 0 radical (unpaired) electrons. The van der Waals surface area contributed by atoms with Crippen LogP contribution in [0.1, 0.15) is 76.9 Å². The van der Waals surface area contributed by atoms with E-state index in [2.05, 4.69) is 70.7 Å². The van der Waals surface area contributed by atoms with Crippen molar-refractivity contribution in [2.75, 3.05) is 0 Å². The Kier molecular flexibility index (Phi) is 6.73. The van der Waals surface area contributed by atoms with Crippen LogP contribution in [0.5, 0.6) is 0 Å². The first-order valence-electron chi connectivity index (χ1n) is 13.4. The van der Waals surface area contributed by atoms with E-state index in [0.29, 0.717) is 6.04 Å². The van der Waals surface area contributed by atoms with Crippen molar-refractivity contribution in [3.05, 3.63) is 87.9 Å². The molecule has 0 aliphatic heterocycles. The second kappa shape index (κ2) is 10.4. The van der Waals surface area contributed by atoms with Crippen molar-refractivity contribution in [1.82, 2.24) is 9.88 Å². The summed E-state index contributed by atoms with van der Waals surface area (Å²) in [5.41, 5.74) is 5.65. The van der Waals surface area contributed by atoms with Gasteiger partial charge >= 0.3 is 0 Å². The fraction of sp³-hybridized carbons (Fsp3) is 0.355. The Morgan fingerprint density at radius 3 is 2.61 bits per heavy atom. The number of hydrogen-bond acceptors (Lipinski definition) is 3. The van der Waals surface area contributed by atoms with Crippen molar-refractivity contribution in [3.8, 4) is 0 Å². The largest absolute Gasteiger partial charge is 0.349 e. The molecular weight excluding hydrogens is 462 g/mol. The molecule has 2 aromatic heterocycles. The molecule has 1 N–H and O–H groups in total. The summed E-state index contributed by atoms with van der Waals surface area (Å²) < 4.78 is 2.29. The van der Waals surface area contributed by atoms with Crippen LogP contribution in [0.2, 0.25) is 0 Å². The molecule has 1 amide bonds. The van der Waals surface area contributed by atoms with E-state index in [-0.39, 0.29) is 5.91 Å². The average Bonchev–Trinajstić information content (AvgIpc) is 3.47. The number of carbonyl (C=O) groups excluding carboxylic acids is 1. The van der Waals surface area contributed by atoms with E-state index < -0.39 is 0 Å². The zero-order valence-electron chi connectivity index (χ0n) is 20.7. The summed E-state index contributed by atoms with van der Waals surface area (Å²) in [6.45, 7) is 0.817. The van der Waals surface area contributed by atoms with Gasteiger partial charge in [-0.2, -0.15) is 0 Å². The van der Waals surface area contributed by atoms with Crippen molar-refractivity contribution in [2.45, 2.75) is 70.4 Å². The molecular formula is C31H33N3OS. The van der Waals surface area contributed by atoms with Gasteiger partial charge in [-0.15, -0.1) is 11.3 Å². The zero-order valence-corrected chi connectivity index (χ0v) is 21.5. The maximum Gasteiger partial charge on any atom is 0.254 e. The molecule has 2 heterocycles. The van der Waals surface area contributed by atoms with Gasteiger partial charge in [-0.25, -0.2) is 4.99 Å². The number of amides is 1. The van der Waals surface area contributed by atoms with Crippen molar-refractivity contribution in [3.63, 3.8) is 0 Å². The van der Waals surface area contributed by atoms with Crippen molar-refractivity contribution in [1.29, 1.82) is 0 Å². The first kappa shape index (κ1) is 23.2. The first-order chi connectivity index (χ1) is 17.8. The van der Waals surface area contributed by atoms with Gasteiger partial charge in [0.25, 0.3) is 5.91 Å². The number of aromatic nitrogens is 1. The van der Waals surface area contributed by atoms with Gasteiger partial charge in [-0.3, -0.25) is 4.79 Å². The number of thiophene rings is 1. The van der Waals surface area contributed by atoms with Crippen LogP contribution in [-0.4, -0.2) is 22.7 Å². The highest BCUT2D eigenvalue weighted by atomic mass is 32.1. The number of aryl methyl sites for hydroxylation is 1. The molecule has 4 aromatic rings. The molecule has 36 heavy (non-hydrogen) atoms. The maximum atomic E-state index is 13.5. The topological polar surface area (TPSA) is 46.4 Å². The highest BCUT2D eigenvalue weighted by Gasteiger charge is 2.27. The molecule has 184 valence electrons. The summed E-state index contributed by atoms with van der Waals surface area (Å²) in [6, 6.07) is 19.4. The third-order valence-electron chi connectivity index (χ3n) is 7.66. The third kappa shape index (κ3) is 4.77. The Balaban J connectivity index is 1.33. The molecule has 0 atom stereocenters. The van der Waals surface area contributed by atoms with Gasteiger partial charge < -0.3 is 9.88 Å². The van der Waals surface area contributed by atoms with Crippen LogP contribution in [-0.2, 0) is 19.4 Å². The average molecular weight is 496 g/mol. The molecule has 5 heteroatoms. The van der Waals surface area contributed by atoms with Gasteiger partial charge in [0.2, 0.25) is 0 Å². The van der Waals surface area contributed by atoms with E-state index >= 15 is 0 Å². The van der Waals surface area contributed by atoms with Crippen LogP contribution in [0.4, 0.5) is 5.00 Å². The highest BCUT2D eigenvalue weighted by molar-refractivity contribution is 7.16. The van der Waals surface area contributed by atoms with Crippen LogP contribution >= 0.6 is 11.3 Å². The molecule has 1 saturated carbocycles. The van der Waals surface area contributed by atoms with E-state index in [0.717, 1.165) is 54.8 Å². The Morgan fingerprint density at radius 1 is 0.972 bits per heavy atom. The number of nitrogens with zero attached hydrogens (tertiary/aromatic N) is 2. The Bertz CT molecular complexity index is 1390. The number of aliphatic imine (C=N–C) groups is 1. The van der Waals surface area contributed by atoms with E-state index in [4.69, 9.17) is 4.99 Å². The van der Waals surface area contributed by atoms with Crippen LogP contribution < -0.4 is 5.32 Å². The summed E-state index contributed by atoms with van der Waals surface area (Å²) in [5, 5.41) is 5.42. The van der Waals surface area contributed by atoms with Crippen LogP contribution in [0.15, 0.2) is 65.8 Å². The molecule has 2 aliphatic carbocycles. The number of para-hydroxylation sites is 1. The van der Waals surface area contributed by atoms with Crippen LogP contribution in [0.25, 0.3) is 10.9 Å². The lowest BCUT2D eigenvalue weighted by Gasteiger charge is -2.23. The van der Waals surface area contributed by atoms with Gasteiger partial charge in [-0.05, 0) is 55.7 Å². The van der Waals surface area contributed by atoms with Gasteiger partial charge in [0, 0.05) is 46.3 Å². The quantitative estimate of drug-likeness (QED) is 0.278. The number of hydrogen-bond donors (Lipinski definition) is 1. The highest BCUT2D eigenvalue weighted by Crippen LogP contribution is 2.40. The lowest BCUT2D eigenvalue weighted by atomic mass is 9.93. The van der Waals surface area contributed by atoms with E-state index in [1.807, 2.05) is 6.21 Å². The number of benzene rings is 2.